The fourth-order valence-corrected chi connectivity index (χ4v) is 5.69. The van der Waals surface area contributed by atoms with E-state index in [2.05, 4.69) is 20.3 Å². The van der Waals surface area contributed by atoms with Crippen LogP contribution in [0, 0.1) is 42.3 Å². The van der Waals surface area contributed by atoms with E-state index in [1.807, 2.05) is 13.0 Å². The minimum absolute atomic E-state index is 0.0584. The normalized spacial score (nSPS) is 27.1. The van der Waals surface area contributed by atoms with Crippen LogP contribution in [0.3, 0.4) is 0 Å². The fraction of sp³-hybridized carbons (Fsp3) is 0.440. The van der Waals surface area contributed by atoms with Crippen LogP contribution in [0.2, 0.25) is 0 Å². The van der Waals surface area contributed by atoms with Gasteiger partial charge >= 0.3 is 0 Å². The SMILES string of the molecule is Cc1ncc(NC(=O)C(C2CC2)C2[C@H]3CC(Oc4ccnc5ccc(F)cc45)C[C@@H]23)cn1. The zero-order chi connectivity index (χ0) is 21.8. The maximum Gasteiger partial charge on any atom is 0.228 e. The van der Waals surface area contributed by atoms with Gasteiger partial charge in [-0.05, 0) is 80.5 Å². The minimum Gasteiger partial charge on any atom is -0.490 e. The maximum absolute atomic E-state index is 13.7. The Kier molecular flexibility index (Phi) is 4.59. The lowest BCUT2D eigenvalue weighted by molar-refractivity contribution is -0.121. The van der Waals surface area contributed by atoms with Crippen molar-refractivity contribution in [3.8, 4) is 5.75 Å². The van der Waals surface area contributed by atoms with Gasteiger partial charge in [-0.3, -0.25) is 9.78 Å². The van der Waals surface area contributed by atoms with Crippen molar-refractivity contribution in [1.29, 1.82) is 0 Å². The zero-order valence-corrected chi connectivity index (χ0v) is 17.9. The summed E-state index contributed by atoms with van der Waals surface area (Å²) in [5.74, 6) is 3.22. The van der Waals surface area contributed by atoms with Gasteiger partial charge in [0.05, 0.1) is 29.7 Å². The van der Waals surface area contributed by atoms with Crippen molar-refractivity contribution in [2.75, 3.05) is 5.32 Å². The first-order valence-electron chi connectivity index (χ1n) is 11.4. The first kappa shape index (κ1) is 19.6. The van der Waals surface area contributed by atoms with Crippen molar-refractivity contribution < 1.29 is 13.9 Å². The molecule has 2 heterocycles. The fourth-order valence-electron chi connectivity index (χ4n) is 5.69. The van der Waals surface area contributed by atoms with Crippen molar-refractivity contribution in [1.82, 2.24) is 15.0 Å². The van der Waals surface area contributed by atoms with Crippen molar-refractivity contribution in [3.63, 3.8) is 0 Å². The van der Waals surface area contributed by atoms with E-state index in [-0.39, 0.29) is 23.7 Å². The lowest BCUT2D eigenvalue weighted by Gasteiger charge is -2.22. The first-order valence-corrected chi connectivity index (χ1v) is 11.4. The Morgan fingerprint density at radius 1 is 1.12 bits per heavy atom. The third-order valence-electron chi connectivity index (χ3n) is 7.32. The molecule has 0 bridgehead atoms. The molecule has 3 saturated carbocycles. The highest BCUT2D eigenvalue weighted by Gasteiger charge is 2.63. The topological polar surface area (TPSA) is 77.0 Å². The Bertz CT molecular complexity index is 1170. The molecule has 0 spiro atoms. The summed E-state index contributed by atoms with van der Waals surface area (Å²) in [5, 5.41) is 3.75. The predicted molar refractivity (Wildman–Crippen MR) is 117 cm³/mol. The van der Waals surface area contributed by atoms with Gasteiger partial charge in [-0.25, -0.2) is 14.4 Å². The summed E-state index contributed by atoms with van der Waals surface area (Å²) in [6.07, 6.45) is 9.30. The number of ether oxygens (including phenoxy) is 1. The number of hydrogen-bond donors (Lipinski definition) is 1. The molecular weight excluding hydrogens is 407 g/mol. The molecule has 3 aliphatic rings. The second-order valence-electron chi connectivity index (χ2n) is 9.46. The molecule has 3 aliphatic carbocycles. The number of rotatable bonds is 6. The molecule has 6 nitrogen and oxygen atoms in total. The highest BCUT2D eigenvalue weighted by Crippen LogP contribution is 2.64. The van der Waals surface area contributed by atoms with E-state index in [9.17, 15) is 9.18 Å². The molecule has 0 saturated heterocycles. The molecule has 3 unspecified atom stereocenters. The van der Waals surface area contributed by atoms with Gasteiger partial charge in [0.1, 0.15) is 17.4 Å². The average Bonchev–Trinajstić information content (AvgIpc) is 3.69. The molecule has 3 aromatic rings. The Morgan fingerprint density at radius 2 is 1.88 bits per heavy atom. The summed E-state index contributed by atoms with van der Waals surface area (Å²) in [4.78, 5) is 25.8. The minimum atomic E-state index is -0.290. The first-order chi connectivity index (χ1) is 15.6. The lowest BCUT2D eigenvalue weighted by Crippen LogP contribution is -2.29. The van der Waals surface area contributed by atoms with Crippen LogP contribution >= 0.6 is 0 Å². The summed E-state index contributed by atoms with van der Waals surface area (Å²) in [6.45, 7) is 1.83. The largest absolute Gasteiger partial charge is 0.490 e. The molecule has 6 rings (SSSR count). The highest BCUT2D eigenvalue weighted by molar-refractivity contribution is 5.93. The number of carbonyl (C=O) groups excluding carboxylic acids is 1. The average molecular weight is 432 g/mol. The van der Waals surface area contributed by atoms with Crippen molar-refractivity contribution in [2.24, 2.45) is 29.6 Å². The number of halogens is 1. The number of nitrogens with one attached hydrogen (secondary N) is 1. The van der Waals surface area contributed by atoms with E-state index >= 15 is 0 Å². The molecule has 1 aromatic carbocycles. The molecular formula is C25H25FN4O2. The molecule has 32 heavy (non-hydrogen) atoms. The van der Waals surface area contributed by atoms with Crippen LogP contribution in [-0.4, -0.2) is 27.0 Å². The van der Waals surface area contributed by atoms with Gasteiger partial charge < -0.3 is 10.1 Å². The van der Waals surface area contributed by atoms with Crippen LogP contribution in [0.15, 0.2) is 42.9 Å². The zero-order valence-electron chi connectivity index (χ0n) is 17.9. The molecule has 5 atom stereocenters. The number of fused-ring (bicyclic) bond motifs is 2. The van der Waals surface area contributed by atoms with Crippen LogP contribution in [-0.2, 0) is 4.79 Å². The number of nitrogens with zero attached hydrogens (tertiary/aromatic N) is 3. The van der Waals surface area contributed by atoms with Crippen LogP contribution in [0.25, 0.3) is 10.9 Å². The quantitative estimate of drug-likeness (QED) is 0.619. The van der Waals surface area contributed by atoms with Crippen molar-refractivity contribution in [3.05, 3.63) is 54.5 Å². The Morgan fingerprint density at radius 3 is 2.59 bits per heavy atom. The van der Waals surface area contributed by atoms with Gasteiger partial charge in [-0.1, -0.05) is 0 Å². The van der Waals surface area contributed by atoms with Gasteiger partial charge in [0, 0.05) is 17.5 Å². The second-order valence-corrected chi connectivity index (χ2v) is 9.46. The van der Waals surface area contributed by atoms with Crippen LogP contribution in [0.1, 0.15) is 31.5 Å². The van der Waals surface area contributed by atoms with E-state index in [0.29, 0.717) is 46.3 Å². The summed E-state index contributed by atoms with van der Waals surface area (Å²) < 4.78 is 20.0. The molecule has 1 amide bonds. The number of benzene rings is 1. The molecule has 3 fully saturated rings. The Hall–Kier alpha value is -3.09. The second kappa shape index (κ2) is 7.50. The van der Waals surface area contributed by atoms with Crippen molar-refractivity contribution in [2.45, 2.75) is 38.7 Å². The highest BCUT2D eigenvalue weighted by atomic mass is 19.1. The van der Waals surface area contributed by atoms with E-state index in [1.54, 1.807) is 24.7 Å². The standard InChI is InChI=1S/C25H25FN4O2/c1-13-28-11-16(12-29-13)30-25(31)23(14-2-3-14)24-18-9-17(10-19(18)24)32-22-6-7-27-21-5-4-15(26)8-20(21)22/h4-8,11-12,14,17-19,23-24H,2-3,9-10H2,1H3,(H,30,31)/t17?,18-,19+,23?,24?. The van der Waals surface area contributed by atoms with Crippen LogP contribution in [0.5, 0.6) is 5.75 Å². The van der Waals surface area contributed by atoms with E-state index in [4.69, 9.17) is 4.74 Å². The number of pyridine rings is 1. The van der Waals surface area contributed by atoms with E-state index in [1.165, 1.54) is 12.1 Å². The van der Waals surface area contributed by atoms with Crippen LogP contribution < -0.4 is 10.1 Å². The monoisotopic (exact) mass is 432 g/mol. The van der Waals surface area contributed by atoms with Gasteiger partial charge in [-0.2, -0.15) is 0 Å². The molecule has 0 radical (unpaired) electrons. The number of aromatic nitrogens is 3. The summed E-state index contributed by atoms with van der Waals surface area (Å²) in [5.41, 5.74) is 1.39. The third-order valence-corrected chi connectivity index (χ3v) is 7.32. The summed E-state index contributed by atoms with van der Waals surface area (Å²) >= 11 is 0. The molecule has 0 aliphatic heterocycles. The van der Waals surface area contributed by atoms with Gasteiger partial charge in [-0.15, -0.1) is 0 Å². The number of amides is 1. The molecule has 164 valence electrons. The smallest absolute Gasteiger partial charge is 0.228 e. The molecule has 2 aromatic heterocycles. The number of aryl methyl sites for hydroxylation is 1. The van der Waals surface area contributed by atoms with Crippen molar-refractivity contribution >= 4 is 22.5 Å². The van der Waals surface area contributed by atoms with Crippen LogP contribution in [0.4, 0.5) is 10.1 Å². The van der Waals surface area contributed by atoms with E-state index < -0.39 is 0 Å². The van der Waals surface area contributed by atoms with Gasteiger partial charge in [0.25, 0.3) is 0 Å². The number of carbonyl (C=O) groups is 1. The number of anilines is 1. The van der Waals surface area contributed by atoms with Gasteiger partial charge in [0.2, 0.25) is 5.91 Å². The van der Waals surface area contributed by atoms with E-state index in [0.717, 1.165) is 31.2 Å². The maximum atomic E-state index is 13.7. The molecule has 7 heteroatoms. The predicted octanol–water partition coefficient (Wildman–Crippen LogP) is 4.54. The lowest BCUT2D eigenvalue weighted by atomic mass is 9.91. The number of hydrogen-bond acceptors (Lipinski definition) is 5. The summed E-state index contributed by atoms with van der Waals surface area (Å²) in [7, 11) is 0. The molecule has 1 N–H and O–H groups in total. The Labute approximate surface area is 185 Å². The third kappa shape index (κ3) is 3.59. The van der Waals surface area contributed by atoms with Gasteiger partial charge in [0.15, 0.2) is 0 Å². The summed E-state index contributed by atoms with van der Waals surface area (Å²) in [6, 6.07) is 6.39. The Balaban J connectivity index is 1.12.